The summed E-state index contributed by atoms with van der Waals surface area (Å²) in [5, 5.41) is 0.689. The van der Waals surface area contributed by atoms with Crippen LogP contribution in [-0.4, -0.2) is 21.4 Å². The number of halogens is 1. The summed E-state index contributed by atoms with van der Waals surface area (Å²) in [6.07, 6.45) is 6.78. The molecule has 0 aliphatic carbocycles. The van der Waals surface area contributed by atoms with Gasteiger partial charge in [0.25, 0.3) is 5.70 Å². The van der Waals surface area contributed by atoms with Crippen LogP contribution in [0.2, 0.25) is 5.02 Å². The Balaban J connectivity index is 2.48. The molecule has 0 N–H and O–H groups in total. The van der Waals surface area contributed by atoms with Crippen molar-refractivity contribution in [2.24, 2.45) is 0 Å². The van der Waals surface area contributed by atoms with Crippen LogP contribution in [0.5, 0.6) is 0 Å². The average molecular weight is 263 g/mol. The second kappa shape index (κ2) is 5.14. The predicted octanol–water partition coefficient (Wildman–Crippen LogP) is 3.21. The van der Waals surface area contributed by atoms with Gasteiger partial charge in [0, 0.05) is 27.1 Å². The standard InChI is InChI=1S/C13H13ClN3O/c1-10-7-11(3-4-12(10)14)13(16(2)18)8-17-6-5-15-9-17/h3-9H,1-2H3/q+1. The fourth-order valence-electron chi connectivity index (χ4n) is 1.63. The zero-order valence-corrected chi connectivity index (χ0v) is 10.9. The Morgan fingerprint density at radius 2 is 2.28 bits per heavy atom. The molecule has 0 aliphatic heterocycles. The molecule has 0 saturated carbocycles. The highest BCUT2D eigenvalue weighted by atomic mass is 35.5. The minimum Gasteiger partial charge on any atom is -0.306 e. The minimum absolute atomic E-state index is 0.549. The Bertz CT molecular complexity index is 603. The molecule has 0 radical (unpaired) electrons. The molecule has 0 atom stereocenters. The van der Waals surface area contributed by atoms with E-state index in [1.807, 2.05) is 19.1 Å². The maximum atomic E-state index is 11.6. The Kier molecular flexibility index (Phi) is 3.58. The maximum Gasteiger partial charge on any atom is 0.279 e. The lowest BCUT2D eigenvalue weighted by Crippen LogP contribution is -2.02. The highest BCUT2D eigenvalue weighted by Crippen LogP contribution is 2.22. The van der Waals surface area contributed by atoms with Crippen LogP contribution in [0.4, 0.5) is 0 Å². The molecule has 0 fully saturated rings. The smallest absolute Gasteiger partial charge is 0.279 e. The highest BCUT2D eigenvalue weighted by molar-refractivity contribution is 6.31. The molecule has 4 nitrogen and oxygen atoms in total. The van der Waals surface area contributed by atoms with E-state index in [9.17, 15) is 4.91 Å². The molecule has 0 bridgehead atoms. The number of hydrogen-bond donors (Lipinski definition) is 0. The van der Waals surface area contributed by atoms with E-state index in [2.05, 4.69) is 4.98 Å². The van der Waals surface area contributed by atoms with E-state index in [-0.39, 0.29) is 0 Å². The zero-order chi connectivity index (χ0) is 13.1. The largest absolute Gasteiger partial charge is 0.306 e. The van der Waals surface area contributed by atoms with Crippen LogP contribution < -0.4 is 0 Å². The Labute approximate surface area is 110 Å². The van der Waals surface area contributed by atoms with Gasteiger partial charge in [0.15, 0.2) is 7.05 Å². The first-order chi connectivity index (χ1) is 8.58. The number of rotatable bonds is 3. The van der Waals surface area contributed by atoms with E-state index < -0.39 is 0 Å². The Morgan fingerprint density at radius 3 is 2.83 bits per heavy atom. The van der Waals surface area contributed by atoms with Crippen LogP contribution >= 0.6 is 11.6 Å². The molecular formula is C13H13ClN3O+. The van der Waals surface area contributed by atoms with Gasteiger partial charge < -0.3 is 4.57 Å². The van der Waals surface area contributed by atoms with Gasteiger partial charge in [-0.25, -0.2) is 4.98 Å². The molecule has 0 aliphatic rings. The second-order valence-electron chi connectivity index (χ2n) is 3.99. The molecule has 1 aromatic heterocycles. The van der Waals surface area contributed by atoms with Gasteiger partial charge in [-0.3, -0.25) is 0 Å². The lowest BCUT2D eigenvalue weighted by Gasteiger charge is -2.01. The van der Waals surface area contributed by atoms with Crippen LogP contribution in [0.1, 0.15) is 11.1 Å². The summed E-state index contributed by atoms with van der Waals surface area (Å²) in [4.78, 5) is 15.6. The first-order valence-electron chi connectivity index (χ1n) is 5.44. The number of aryl methyl sites for hydroxylation is 1. The summed E-state index contributed by atoms with van der Waals surface area (Å²) in [6.45, 7) is 1.91. The molecule has 2 aromatic rings. The molecule has 2 rings (SSSR count). The molecule has 0 amide bonds. The molecule has 5 heteroatoms. The monoisotopic (exact) mass is 262 g/mol. The van der Waals surface area contributed by atoms with Crippen molar-refractivity contribution < 1.29 is 4.76 Å². The van der Waals surface area contributed by atoms with Crippen molar-refractivity contribution >= 4 is 23.5 Å². The SMILES string of the molecule is Cc1cc(C(=Cn2ccnc2)[N+](C)=O)ccc1Cl. The van der Waals surface area contributed by atoms with Crippen LogP contribution in [-0.2, 0) is 0 Å². The van der Waals surface area contributed by atoms with Crippen molar-refractivity contribution in [1.82, 2.24) is 9.55 Å². The summed E-state index contributed by atoms with van der Waals surface area (Å²) in [5.74, 6) is 0. The number of aromatic nitrogens is 2. The molecule has 0 unspecified atom stereocenters. The topological polar surface area (TPSA) is 37.9 Å². The van der Waals surface area contributed by atoms with Gasteiger partial charge >= 0.3 is 0 Å². The average Bonchev–Trinajstić information content (AvgIpc) is 2.82. The highest BCUT2D eigenvalue weighted by Gasteiger charge is 2.16. The van der Waals surface area contributed by atoms with Crippen LogP contribution in [0.15, 0.2) is 36.9 Å². The number of imidazole rings is 1. The lowest BCUT2D eigenvalue weighted by molar-refractivity contribution is -0.418. The number of nitrogens with zero attached hydrogens (tertiary/aromatic N) is 3. The quantitative estimate of drug-likeness (QED) is 0.797. The lowest BCUT2D eigenvalue weighted by atomic mass is 10.1. The van der Waals surface area contributed by atoms with E-state index >= 15 is 0 Å². The fraction of sp³-hybridized carbons (Fsp3) is 0.154. The molecule has 0 spiro atoms. The summed E-state index contributed by atoms with van der Waals surface area (Å²) in [7, 11) is 1.46. The number of nitroso groups, excluding NO2 is 1. The van der Waals surface area contributed by atoms with E-state index in [4.69, 9.17) is 11.6 Å². The third-order valence-corrected chi connectivity index (χ3v) is 3.01. The fourth-order valence-corrected chi connectivity index (χ4v) is 1.75. The van der Waals surface area contributed by atoms with Crippen molar-refractivity contribution in [2.75, 3.05) is 7.05 Å². The predicted molar refractivity (Wildman–Crippen MR) is 72.1 cm³/mol. The molecule has 0 saturated heterocycles. The Morgan fingerprint density at radius 1 is 1.50 bits per heavy atom. The summed E-state index contributed by atoms with van der Waals surface area (Å²) >= 11 is 5.98. The third kappa shape index (κ3) is 2.65. The van der Waals surface area contributed by atoms with Gasteiger partial charge in [-0.05, 0) is 30.7 Å². The van der Waals surface area contributed by atoms with Crippen molar-refractivity contribution in [3.63, 3.8) is 0 Å². The van der Waals surface area contributed by atoms with Crippen LogP contribution in [0.3, 0.4) is 0 Å². The molecule has 1 heterocycles. The van der Waals surface area contributed by atoms with Gasteiger partial charge in [0.2, 0.25) is 0 Å². The number of benzene rings is 1. The minimum atomic E-state index is 0.549. The normalized spacial score (nSPS) is 11.6. The van der Waals surface area contributed by atoms with Crippen molar-refractivity contribution in [3.8, 4) is 0 Å². The van der Waals surface area contributed by atoms with E-state index in [1.165, 1.54) is 7.05 Å². The summed E-state index contributed by atoms with van der Waals surface area (Å²) < 4.78 is 2.55. The van der Waals surface area contributed by atoms with E-state index in [0.29, 0.717) is 10.7 Å². The first-order valence-corrected chi connectivity index (χ1v) is 5.82. The molecule has 1 aromatic carbocycles. The van der Waals surface area contributed by atoms with Gasteiger partial charge in [-0.15, -0.1) is 0 Å². The van der Waals surface area contributed by atoms with Gasteiger partial charge in [-0.2, -0.15) is 0 Å². The van der Waals surface area contributed by atoms with Gasteiger partial charge in [0.05, 0.1) is 18.1 Å². The van der Waals surface area contributed by atoms with Crippen molar-refractivity contribution in [1.29, 1.82) is 0 Å². The van der Waals surface area contributed by atoms with Crippen LogP contribution in [0, 0.1) is 11.8 Å². The molecule has 92 valence electrons. The van der Waals surface area contributed by atoms with Crippen molar-refractivity contribution in [3.05, 3.63) is 58.0 Å². The van der Waals surface area contributed by atoms with Crippen molar-refractivity contribution in [2.45, 2.75) is 6.92 Å². The van der Waals surface area contributed by atoms with Gasteiger partial charge in [0.1, 0.15) is 0 Å². The second-order valence-corrected chi connectivity index (χ2v) is 4.39. The van der Waals surface area contributed by atoms with Gasteiger partial charge in [-0.1, -0.05) is 11.6 Å². The summed E-state index contributed by atoms with van der Waals surface area (Å²) in [5.41, 5.74) is 2.31. The van der Waals surface area contributed by atoms with E-state index in [0.717, 1.165) is 15.9 Å². The summed E-state index contributed by atoms with van der Waals surface area (Å²) in [6, 6.07) is 5.50. The molecular weight excluding hydrogens is 250 g/mol. The van der Waals surface area contributed by atoms with Crippen LogP contribution in [0.25, 0.3) is 11.9 Å². The van der Waals surface area contributed by atoms with E-state index in [1.54, 1.807) is 35.6 Å². The molecule has 18 heavy (non-hydrogen) atoms. The maximum absolute atomic E-state index is 11.6. The third-order valence-electron chi connectivity index (χ3n) is 2.59. The zero-order valence-electron chi connectivity index (χ0n) is 10.2. The Hall–Kier alpha value is -1.94. The number of hydrogen-bond acceptors (Lipinski definition) is 2. The first kappa shape index (κ1) is 12.5.